The van der Waals surface area contributed by atoms with Crippen LogP contribution in [0.2, 0.25) is 25.7 Å². The average Bonchev–Trinajstić information content (AvgIpc) is 3.10. The third-order valence-corrected chi connectivity index (χ3v) is 7.80. The number of nitrogens with zero attached hydrogens (tertiary/aromatic N) is 2. The molecule has 0 aliphatic carbocycles. The smallest absolute Gasteiger partial charge is 0.123 e. The minimum atomic E-state index is -1.14. The molecule has 0 fully saturated rings. The predicted octanol–water partition coefficient (Wildman–Crippen LogP) is 7.28. The van der Waals surface area contributed by atoms with E-state index in [9.17, 15) is 5.26 Å². The van der Waals surface area contributed by atoms with Crippen molar-refractivity contribution in [2.45, 2.75) is 32.4 Å². The van der Waals surface area contributed by atoms with Crippen LogP contribution in [0, 0.1) is 11.3 Å². The minimum absolute atomic E-state index is 0.530. The van der Waals surface area contributed by atoms with Gasteiger partial charge in [-0.3, -0.25) is 0 Å². The van der Waals surface area contributed by atoms with Crippen molar-refractivity contribution < 1.29 is 4.74 Å². The quantitative estimate of drug-likeness (QED) is 0.169. The van der Waals surface area contributed by atoms with Gasteiger partial charge in [0.2, 0.25) is 0 Å². The third kappa shape index (κ3) is 3.31. The molecule has 0 aliphatic rings. The summed E-state index contributed by atoms with van der Waals surface area (Å²) in [5.74, 6) is 0. The lowest BCUT2D eigenvalue weighted by molar-refractivity contribution is 0.0930. The van der Waals surface area contributed by atoms with E-state index in [0.29, 0.717) is 6.73 Å². The Hall–Kier alpha value is -3.13. The molecular weight excluding hydrogens is 396 g/mol. The molecule has 0 unspecified atom stereocenters. The maximum Gasteiger partial charge on any atom is 0.123 e. The van der Waals surface area contributed by atoms with Gasteiger partial charge in [0.15, 0.2) is 0 Å². The van der Waals surface area contributed by atoms with Gasteiger partial charge in [0.25, 0.3) is 0 Å². The van der Waals surface area contributed by atoms with E-state index in [-0.39, 0.29) is 0 Å². The van der Waals surface area contributed by atoms with Crippen molar-refractivity contribution >= 4 is 51.4 Å². The van der Waals surface area contributed by atoms with Crippen LogP contribution in [0.3, 0.4) is 0 Å². The number of benzene rings is 4. The molecule has 154 valence electrons. The van der Waals surface area contributed by atoms with Crippen LogP contribution >= 0.6 is 0 Å². The van der Waals surface area contributed by atoms with Gasteiger partial charge >= 0.3 is 0 Å². The Morgan fingerprint density at radius 2 is 1.48 bits per heavy atom. The van der Waals surface area contributed by atoms with E-state index in [1.807, 2.05) is 12.1 Å². The highest BCUT2D eigenvalue weighted by atomic mass is 28.3. The van der Waals surface area contributed by atoms with E-state index in [1.54, 1.807) is 0 Å². The van der Waals surface area contributed by atoms with Crippen LogP contribution in [0.4, 0.5) is 0 Å². The monoisotopic (exact) mass is 422 g/mol. The van der Waals surface area contributed by atoms with Gasteiger partial charge in [0, 0.05) is 36.2 Å². The van der Waals surface area contributed by atoms with E-state index in [4.69, 9.17) is 4.74 Å². The summed E-state index contributed by atoms with van der Waals surface area (Å²) in [5.41, 5.74) is 3.08. The van der Waals surface area contributed by atoms with Crippen LogP contribution < -0.4 is 0 Å². The molecule has 5 aromatic rings. The number of aromatic nitrogens is 1. The van der Waals surface area contributed by atoms with Gasteiger partial charge in [-0.25, -0.2) is 0 Å². The highest BCUT2D eigenvalue weighted by Crippen LogP contribution is 2.41. The molecule has 5 rings (SSSR count). The summed E-state index contributed by atoms with van der Waals surface area (Å²) in [6, 6.07) is 26.6. The molecule has 0 aliphatic heterocycles. The Labute approximate surface area is 183 Å². The summed E-state index contributed by atoms with van der Waals surface area (Å²) in [6.07, 6.45) is 0. The molecule has 1 heterocycles. The molecule has 31 heavy (non-hydrogen) atoms. The molecule has 0 saturated carbocycles. The molecule has 4 aromatic carbocycles. The Bertz CT molecular complexity index is 1480. The second kappa shape index (κ2) is 7.53. The Balaban J connectivity index is 1.85. The summed E-state index contributed by atoms with van der Waals surface area (Å²) in [7, 11) is -1.14. The van der Waals surface area contributed by atoms with Crippen molar-refractivity contribution in [2.24, 2.45) is 0 Å². The number of hydrogen-bond acceptors (Lipinski definition) is 2. The first-order valence-electron chi connectivity index (χ1n) is 10.8. The SMILES string of the molecule is C[Si](C)(C)CCOCn1c2ccccc2c2c3cccc(C#N)c3c3ccccc3c21. The molecule has 0 N–H and O–H groups in total. The summed E-state index contributed by atoms with van der Waals surface area (Å²) in [6.45, 7) is 8.45. The fourth-order valence-corrected chi connectivity index (χ4v) is 5.33. The number of para-hydroxylation sites is 1. The summed E-state index contributed by atoms with van der Waals surface area (Å²) in [4.78, 5) is 0. The molecule has 0 atom stereocenters. The van der Waals surface area contributed by atoms with E-state index in [0.717, 1.165) is 39.8 Å². The Morgan fingerprint density at radius 1 is 0.806 bits per heavy atom. The molecule has 0 radical (unpaired) electrons. The fourth-order valence-electron chi connectivity index (χ4n) is 4.58. The van der Waals surface area contributed by atoms with Crippen LogP contribution in [-0.2, 0) is 11.5 Å². The number of nitriles is 1. The summed E-state index contributed by atoms with van der Waals surface area (Å²) in [5, 5.41) is 16.7. The van der Waals surface area contributed by atoms with Crippen molar-refractivity contribution in [1.82, 2.24) is 4.57 Å². The van der Waals surface area contributed by atoms with Crippen molar-refractivity contribution in [3.63, 3.8) is 0 Å². The van der Waals surface area contributed by atoms with Gasteiger partial charge in [-0.15, -0.1) is 0 Å². The summed E-state index contributed by atoms with van der Waals surface area (Å²) >= 11 is 0. The molecule has 0 amide bonds. The second-order valence-corrected chi connectivity index (χ2v) is 15.0. The zero-order valence-corrected chi connectivity index (χ0v) is 19.3. The standard InChI is InChI=1S/C27H26N2OSi/c1-31(2,3)16-15-30-18-29-24-14-7-6-12-22(24)26-23-13-8-9-19(17-28)25(23)20-10-4-5-11-21(20)27(26)29/h4-14H,15-16,18H2,1-3H3. The zero-order chi connectivity index (χ0) is 21.6. The fraction of sp³-hybridized carbons (Fsp3) is 0.222. The van der Waals surface area contributed by atoms with Crippen molar-refractivity contribution in [3.05, 3.63) is 72.3 Å². The molecular formula is C27H26N2OSi. The van der Waals surface area contributed by atoms with Crippen molar-refractivity contribution in [2.75, 3.05) is 6.61 Å². The van der Waals surface area contributed by atoms with Crippen LogP contribution in [0.5, 0.6) is 0 Å². The lowest BCUT2D eigenvalue weighted by Gasteiger charge is -2.17. The van der Waals surface area contributed by atoms with Crippen molar-refractivity contribution in [3.8, 4) is 6.07 Å². The number of hydrogen-bond donors (Lipinski definition) is 0. The molecule has 3 nitrogen and oxygen atoms in total. The maximum atomic E-state index is 9.82. The van der Waals surface area contributed by atoms with E-state index >= 15 is 0 Å². The van der Waals surface area contributed by atoms with Gasteiger partial charge in [-0.05, 0) is 28.9 Å². The van der Waals surface area contributed by atoms with E-state index < -0.39 is 8.07 Å². The topological polar surface area (TPSA) is 38.0 Å². The van der Waals surface area contributed by atoms with E-state index in [2.05, 4.69) is 84.9 Å². The first kappa shape index (κ1) is 19.8. The van der Waals surface area contributed by atoms with Gasteiger partial charge in [0.1, 0.15) is 6.73 Å². The molecule has 0 spiro atoms. The number of rotatable bonds is 5. The van der Waals surface area contributed by atoms with Crippen LogP contribution in [0.1, 0.15) is 5.56 Å². The number of ether oxygens (including phenoxy) is 1. The Kier molecular flexibility index (Phi) is 4.81. The van der Waals surface area contributed by atoms with Gasteiger partial charge in [-0.2, -0.15) is 5.26 Å². The van der Waals surface area contributed by atoms with Gasteiger partial charge in [0.05, 0.1) is 22.7 Å². The zero-order valence-electron chi connectivity index (χ0n) is 18.3. The van der Waals surface area contributed by atoms with Crippen LogP contribution in [0.15, 0.2) is 66.7 Å². The van der Waals surface area contributed by atoms with Crippen LogP contribution in [-0.4, -0.2) is 19.2 Å². The second-order valence-electron chi connectivity index (χ2n) is 9.40. The average molecular weight is 423 g/mol. The largest absolute Gasteiger partial charge is 0.361 e. The van der Waals surface area contributed by atoms with E-state index in [1.165, 1.54) is 21.8 Å². The van der Waals surface area contributed by atoms with Crippen molar-refractivity contribution in [1.29, 1.82) is 5.26 Å². The first-order valence-corrected chi connectivity index (χ1v) is 14.5. The van der Waals surface area contributed by atoms with Crippen LogP contribution in [0.25, 0.3) is 43.4 Å². The maximum absolute atomic E-state index is 9.82. The third-order valence-electron chi connectivity index (χ3n) is 6.09. The van der Waals surface area contributed by atoms with Gasteiger partial charge in [-0.1, -0.05) is 74.2 Å². The molecule has 0 bridgehead atoms. The van der Waals surface area contributed by atoms with Gasteiger partial charge < -0.3 is 9.30 Å². The minimum Gasteiger partial charge on any atom is -0.361 e. The molecule has 0 saturated heterocycles. The number of fused-ring (bicyclic) bond motifs is 8. The predicted molar refractivity (Wildman–Crippen MR) is 133 cm³/mol. The molecule has 4 heteroatoms. The highest BCUT2D eigenvalue weighted by molar-refractivity contribution is 6.76. The summed E-state index contributed by atoms with van der Waals surface area (Å²) < 4.78 is 8.54. The lowest BCUT2D eigenvalue weighted by atomic mass is 9.94. The lowest BCUT2D eigenvalue weighted by Crippen LogP contribution is -2.22. The normalized spacial score (nSPS) is 12.2. The Morgan fingerprint density at radius 3 is 2.23 bits per heavy atom. The first-order chi connectivity index (χ1) is 15.0. The molecule has 1 aromatic heterocycles. The highest BCUT2D eigenvalue weighted by Gasteiger charge is 2.19.